The molecule has 0 aromatic heterocycles. The summed E-state index contributed by atoms with van der Waals surface area (Å²) in [5, 5.41) is 3.56. The Bertz CT molecular complexity index is 424. The van der Waals surface area contributed by atoms with Gasteiger partial charge in [0, 0.05) is 30.7 Å². The van der Waals surface area contributed by atoms with E-state index in [1.807, 2.05) is 0 Å². The molecule has 0 aliphatic carbocycles. The highest BCUT2D eigenvalue weighted by Crippen LogP contribution is 2.40. The quantitative estimate of drug-likeness (QED) is 0.896. The fraction of sp³-hybridized carbons (Fsp3) is 0.647. The molecule has 1 spiro atoms. The second kappa shape index (κ2) is 5.16. The zero-order valence-electron chi connectivity index (χ0n) is 12.3. The van der Waals surface area contributed by atoms with Gasteiger partial charge in [-0.2, -0.15) is 0 Å². The Morgan fingerprint density at radius 2 is 1.89 bits per heavy atom. The standard InChI is InChI=1S/C17H26N2/c1-3-14-6-5-7-15(4-2)16(14)19-11-9-17(13-19)8-10-18-12-17/h5-7,18H,3-4,8-13H2,1-2H3. The van der Waals surface area contributed by atoms with Gasteiger partial charge in [-0.25, -0.2) is 0 Å². The van der Waals surface area contributed by atoms with Gasteiger partial charge < -0.3 is 10.2 Å². The van der Waals surface area contributed by atoms with E-state index in [-0.39, 0.29) is 0 Å². The Morgan fingerprint density at radius 1 is 1.16 bits per heavy atom. The molecule has 0 bridgehead atoms. The SMILES string of the molecule is CCc1cccc(CC)c1N1CCC2(CCNC2)C1. The van der Waals surface area contributed by atoms with Gasteiger partial charge >= 0.3 is 0 Å². The molecule has 2 aliphatic rings. The van der Waals surface area contributed by atoms with Crippen molar-refractivity contribution in [2.45, 2.75) is 39.5 Å². The van der Waals surface area contributed by atoms with Crippen LogP contribution in [-0.4, -0.2) is 26.2 Å². The van der Waals surface area contributed by atoms with E-state index >= 15 is 0 Å². The molecule has 2 aliphatic heterocycles. The number of nitrogens with zero attached hydrogens (tertiary/aromatic N) is 1. The van der Waals surface area contributed by atoms with E-state index in [0.29, 0.717) is 5.41 Å². The van der Waals surface area contributed by atoms with Gasteiger partial charge in [-0.05, 0) is 43.4 Å². The van der Waals surface area contributed by atoms with Crippen LogP contribution in [-0.2, 0) is 12.8 Å². The second-order valence-electron chi connectivity index (χ2n) is 6.23. The van der Waals surface area contributed by atoms with Crippen LogP contribution in [0.25, 0.3) is 0 Å². The van der Waals surface area contributed by atoms with Crippen LogP contribution in [0.1, 0.15) is 37.8 Å². The Labute approximate surface area is 117 Å². The lowest BCUT2D eigenvalue weighted by atomic mass is 9.86. The van der Waals surface area contributed by atoms with Crippen molar-refractivity contribution in [1.29, 1.82) is 0 Å². The van der Waals surface area contributed by atoms with E-state index in [9.17, 15) is 0 Å². The van der Waals surface area contributed by atoms with Crippen LogP contribution < -0.4 is 10.2 Å². The number of nitrogens with one attached hydrogen (secondary N) is 1. The smallest absolute Gasteiger partial charge is 0.0431 e. The first-order valence-corrected chi connectivity index (χ1v) is 7.84. The fourth-order valence-electron chi connectivity index (χ4n) is 3.89. The Balaban J connectivity index is 1.90. The summed E-state index contributed by atoms with van der Waals surface area (Å²) in [6, 6.07) is 6.85. The normalized spacial score (nSPS) is 26.5. The summed E-state index contributed by atoms with van der Waals surface area (Å²) < 4.78 is 0. The van der Waals surface area contributed by atoms with Crippen LogP contribution in [0.2, 0.25) is 0 Å². The van der Waals surface area contributed by atoms with Crippen molar-refractivity contribution in [3.8, 4) is 0 Å². The summed E-state index contributed by atoms with van der Waals surface area (Å²) in [6.07, 6.45) is 5.01. The predicted molar refractivity (Wildman–Crippen MR) is 81.9 cm³/mol. The largest absolute Gasteiger partial charge is 0.370 e. The summed E-state index contributed by atoms with van der Waals surface area (Å²) in [6.45, 7) is 9.49. The van der Waals surface area contributed by atoms with Crippen LogP contribution in [0.3, 0.4) is 0 Å². The molecule has 1 atom stereocenters. The average Bonchev–Trinajstić information content (AvgIpc) is 3.08. The van der Waals surface area contributed by atoms with Crippen LogP contribution in [0.5, 0.6) is 0 Å². The number of para-hydroxylation sites is 1. The third kappa shape index (κ3) is 2.27. The van der Waals surface area contributed by atoms with Crippen molar-refractivity contribution in [3.63, 3.8) is 0 Å². The van der Waals surface area contributed by atoms with Gasteiger partial charge in [-0.3, -0.25) is 0 Å². The fourth-order valence-corrected chi connectivity index (χ4v) is 3.89. The number of hydrogen-bond acceptors (Lipinski definition) is 2. The first kappa shape index (κ1) is 13.0. The number of aryl methyl sites for hydroxylation is 2. The van der Waals surface area contributed by atoms with Crippen LogP contribution in [0.4, 0.5) is 5.69 Å². The summed E-state index contributed by atoms with van der Waals surface area (Å²) >= 11 is 0. The molecule has 0 saturated carbocycles. The molecular weight excluding hydrogens is 232 g/mol. The number of benzene rings is 1. The van der Waals surface area contributed by atoms with E-state index in [1.165, 1.54) is 50.1 Å². The summed E-state index contributed by atoms with van der Waals surface area (Å²) in [5.41, 5.74) is 5.17. The van der Waals surface area contributed by atoms with Crippen molar-refractivity contribution in [1.82, 2.24) is 5.32 Å². The molecule has 1 aromatic carbocycles. The van der Waals surface area contributed by atoms with E-state index in [2.05, 4.69) is 42.3 Å². The van der Waals surface area contributed by atoms with E-state index in [0.717, 1.165) is 12.8 Å². The monoisotopic (exact) mass is 258 g/mol. The number of rotatable bonds is 3. The summed E-state index contributed by atoms with van der Waals surface area (Å²) in [4.78, 5) is 2.67. The molecule has 1 unspecified atom stereocenters. The maximum Gasteiger partial charge on any atom is 0.0431 e. The lowest BCUT2D eigenvalue weighted by Crippen LogP contribution is -2.30. The number of hydrogen-bond donors (Lipinski definition) is 1. The molecule has 2 nitrogen and oxygen atoms in total. The Kier molecular flexibility index (Phi) is 3.53. The van der Waals surface area contributed by atoms with Crippen molar-refractivity contribution in [2.75, 3.05) is 31.1 Å². The maximum absolute atomic E-state index is 3.56. The maximum atomic E-state index is 3.56. The molecule has 2 saturated heterocycles. The molecule has 0 radical (unpaired) electrons. The minimum atomic E-state index is 0.561. The highest BCUT2D eigenvalue weighted by atomic mass is 15.2. The molecule has 3 rings (SSSR count). The van der Waals surface area contributed by atoms with Crippen LogP contribution >= 0.6 is 0 Å². The zero-order chi connectivity index (χ0) is 13.3. The van der Waals surface area contributed by atoms with E-state index in [1.54, 1.807) is 5.69 Å². The summed E-state index contributed by atoms with van der Waals surface area (Å²) in [5.74, 6) is 0. The van der Waals surface area contributed by atoms with E-state index < -0.39 is 0 Å². The molecular formula is C17H26N2. The lowest BCUT2D eigenvalue weighted by molar-refractivity contribution is 0.369. The van der Waals surface area contributed by atoms with Gasteiger partial charge in [0.15, 0.2) is 0 Å². The molecule has 104 valence electrons. The van der Waals surface area contributed by atoms with E-state index in [4.69, 9.17) is 0 Å². The minimum absolute atomic E-state index is 0.561. The number of anilines is 1. The third-order valence-corrected chi connectivity index (χ3v) is 5.05. The molecule has 2 fully saturated rings. The van der Waals surface area contributed by atoms with Crippen LogP contribution in [0, 0.1) is 5.41 Å². The first-order valence-electron chi connectivity index (χ1n) is 7.84. The van der Waals surface area contributed by atoms with Crippen molar-refractivity contribution >= 4 is 5.69 Å². The van der Waals surface area contributed by atoms with Crippen molar-refractivity contribution in [3.05, 3.63) is 29.3 Å². The highest BCUT2D eigenvalue weighted by molar-refractivity contribution is 5.61. The third-order valence-electron chi connectivity index (χ3n) is 5.05. The molecule has 2 heteroatoms. The molecule has 1 aromatic rings. The van der Waals surface area contributed by atoms with Gasteiger partial charge in [-0.15, -0.1) is 0 Å². The highest BCUT2D eigenvalue weighted by Gasteiger charge is 2.40. The molecule has 1 N–H and O–H groups in total. The van der Waals surface area contributed by atoms with Gasteiger partial charge in [0.1, 0.15) is 0 Å². The Hall–Kier alpha value is -1.02. The second-order valence-corrected chi connectivity index (χ2v) is 6.23. The lowest BCUT2D eigenvalue weighted by Gasteiger charge is -2.27. The van der Waals surface area contributed by atoms with Gasteiger partial charge in [0.25, 0.3) is 0 Å². The zero-order valence-corrected chi connectivity index (χ0v) is 12.3. The minimum Gasteiger partial charge on any atom is -0.370 e. The topological polar surface area (TPSA) is 15.3 Å². The average molecular weight is 258 g/mol. The first-order chi connectivity index (χ1) is 9.28. The molecule has 0 amide bonds. The Morgan fingerprint density at radius 3 is 2.47 bits per heavy atom. The van der Waals surface area contributed by atoms with Gasteiger partial charge in [-0.1, -0.05) is 32.0 Å². The van der Waals surface area contributed by atoms with Crippen LogP contribution in [0.15, 0.2) is 18.2 Å². The summed E-state index contributed by atoms with van der Waals surface area (Å²) in [7, 11) is 0. The van der Waals surface area contributed by atoms with Gasteiger partial charge in [0.2, 0.25) is 0 Å². The molecule has 19 heavy (non-hydrogen) atoms. The molecule has 2 heterocycles. The predicted octanol–water partition coefficient (Wildman–Crippen LogP) is 3.00. The van der Waals surface area contributed by atoms with Crippen molar-refractivity contribution < 1.29 is 0 Å². The van der Waals surface area contributed by atoms with Crippen molar-refractivity contribution in [2.24, 2.45) is 5.41 Å². The van der Waals surface area contributed by atoms with Gasteiger partial charge in [0.05, 0.1) is 0 Å².